The standard InChI is InChI=1S/C19H25F2N2OS2.BF4/c1-4-22(5-2)10-7-11-23-18(24)17(26-19(23)25-6-3)12-14-8-9-15(20)13-16(14)21;2-1(3,4)5/h8-9,12-13H,4-7,10-11H2,1-3H3;/q+1;-1/b17-12-;. The molecule has 174 valence electrons. The maximum atomic E-state index is 13.9. The molecular weight excluding hydrogens is 461 g/mol. The highest BCUT2D eigenvalue weighted by Crippen LogP contribution is 2.34. The summed E-state index contributed by atoms with van der Waals surface area (Å²) in [4.78, 5) is 15.6. The van der Waals surface area contributed by atoms with Crippen molar-refractivity contribution >= 4 is 47.1 Å². The first-order chi connectivity index (χ1) is 14.5. The summed E-state index contributed by atoms with van der Waals surface area (Å²) in [7, 11) is -6.00. The van der Waals surface area contributed by atoms with Gasteiger partial charge >= 0.3 is 13.2 Å². The number of nitrogens with zero attached hydrogens (tertiary/aromatic N) is 2. The fourth-order valence-electron chi connectivity index (χ4n) is 2.68. The number of thioether (sulfide) groups is 2. The van der Waals surface area contributed by atoms with Gasteiger partial charge in [-0.05, 0) is 54.8 Å². The van der Waals surface area contributed by atoms with Crippen LogP contribution in [-0.2, 0) is 4.79 Å². The first kappa shape index (κ1) is 27.6. The van der Waals surface area contributed by atoms with Gasteiger partial charge in [0.2, 0.25) is 0 Å². The van der Waals surface area contributed by atoms with Gasteiger partial charge in [-0.25, -0.2) is 13.6 Å². The van der Waals surface area contributed by atoms with Crippen LogP contribution in [0.4, 0.5) is 26.0 Å². The predicted molar refractivity (Wildman–Crippen MR) is 118 cm³/mol. The van der Waals surface area contributed by atoms with Gasteiger partial charge in [-0.3, -0.25) is 0 Å². The van der Waals surface area contributed by atoms with Gasteiger partial charge in [-0.2, -0.15) is 0 Å². The SMILES string of the molecule is CCSC1=[N+](CCCN(CC)CC)C(=O)/C(=C/c2ccc(F)cc2F)S1.F[B-](F)(F)F. The molecule has 0 atom stereocenters. The largest absolute Gasteiger partial charge is 0.673 e. The first-order valence-corrected chi connectivity index (χ1v) is 11.6. The van der Waals surface area contributed by atoms with Crippen molar-refractivity contribution in [1.82, 2.24) is 4.90 Å². The second-order valence-electron chi connectivity index (χ2n) is 6.31. The molecule has 0 bridgehead atoms. The normalized spacial score (nSPS) is 15.7. The van der Waals surface area contributed by atoms with Gasteiger partial charge in [0.15, 0.2) is 6.54 Å². The summed E-state index contributed by atoms with van der Waals surface area (Å²) in [6.07, 6.45) is 2.41. The minimum atomic E-state index is -6.00. The number of hydrogen-bond acceptors (Lipinski definition) is 4. The van der Waals surface area contributed by atoms with E-state index in [1.54, 1.807) is 16.3 Å². The third kappa shape index (κ3) is 10.2. The molecule has 1 amide bonds. The van der Waals surface area contributed by atoms with Crippen LogP contribution < -0.4 is 0 Å². The average Bonchev–Trinajstić information content (AvgIpc) is 2.95. The Morgan fingerprint density at radius 2 is 1.74 bits per heavy atom. The smallest absolute Gasteiger partial charge is 0.418 e. The quantitative estimate of drug-likeness (QED) is 0.203. The zero-order chi connectivity index (χ0) is 23.6. The van der Waals surface area contributed by atoms with E-state index < -0.39 is 18.9 Å². The first-order valence-electron chi connectivity index (χ1n) is 9.75. The highest BCUT2D eigenvalue weighted by atomic mass is 32.2. The molecule has 0 aliphatic carbocycles. The van der Waals surface area contributed by atoms with Crippen LogP contribution in [0.2, 0.25) is 0 Å². The third-order valence-corrected chi connectivity index (χ3v) is 6.41. The van der Waals surface area contributed by atoms with Gasteiger partial charge in [0.25, 0.3) is 4.38 Å². The van der Waals surface area contributed by atoms with Crippen molar-refractivity contribution in [1.29, 1.82) is 0 Å². The fourth-order valence-corrected chi connectivity index (χ4v) is 4.97. The number of benzene rings is 1. The van der Waals surface area contributed by atoms with Crippen molar-refractivity contribution in [3.63, 3.8) is 0 Å². The molecule has 1 aromatic carbocycles. The van der Waals surface area contributed by atoms with Gasteiger partial charge in [0, 0.05) is 30.3 Å². The van der Waals surface area contributed by atoms with E-state index in [-0.39, 0.29) is 11.5 Å². The molecular formula is C19H25BF6N2OS2. The Balaban J connectivity index is 0.000000861. The average molecular weight is 486 g/mol. The summed E-state index contributed by atoms with van der Waals surface area (Å²) in [6, 6.07) is 3.40. The zero-order valence-electron chi connectivity index (χ0n) is 17.5. The fraction of sp³-hybridized carbons (Fsp3) is 0.474. The maximum Gasteiger partial charge on any atom is 0.673 e. The van der Waals surface area contributed by atoms with Gasteiger partial charge in [0.1, 0.15) is 16.5 Å². The maximum absolute atomic E-state index is 13.9. The second kappa shape index (κ2) is 13.2. The van der Waals surface area contributed by atoms with Gasteiger partial charge in [0.05, 0.1) is 0 Å². The zero-order valence-corrected chi connectivity index (χ0v) is 19.1. The monoisotopic (exact) mass is 486 g/mol. The molecule has 3 nitrogen and oxygen atoms in total. The van der Waals surface area contributed by atoms with E-state index in [1.807, 2.05) is 6.92 Å². The van der Waals surface area contributed by atoms with E-state index in [0.29, 0.717) is 11.4 Å². The van der Waals surface area contributed by atoms with E-state index in [1.165, 1.54) is 30.0 Å². The van der Waals surface area contributed by atoms with Crippen molar-refractivity contribution in [2.24, 2.45) is 0 Å². The molecule has 0 saturated carbocycles. The molecule has 2 rings (SSSR count). The Labute approximate surface area is 187 Å². The predicted octanol–water partition coefficient (Wildman–Crippen LogP) is 5.73. The highest BCUT2D eigenvalue weighted by molar-refractivity contribution is 8.40. The van der Waals surface area contributed by atoms with E-state index in [9.17, 15) is 30.8 Å². The number of hydrogen-bond donors (Lipinski definition) is 0. The van der Waals surface area contributed by atoms with E-state index >= 15 is 0 Å². The van der Waals surface area contributed by atoms with Crippen LogP contribution in [0.1, 0.15) is 32.8 Å². The van der Waals surface area contributed by atoms with E-state index in [4.69, 9.17) is 0 Å². The Morgan fingerprint density at radius 3 is 2.26 bits per heavy atom. The number of rotatable bonds is 8. The molecule has 0 spiro atoms. The van der Waals surface area contributed by atoms with Crippen LogP contribution in [0.25, 0.3) is 6.08 Å². The molecule has 0 unspecified atom stereocenters. The molecule has 0 aromatic heterocycles. The topological polar surface area (TPSA) is 23.3 Å². The summed E-state index contributed by atoms with van der Waals surface area (Å²) < 4.78 is 68.7. The van der Waals surface area contributed by atoms with Crippen molar-refractivity contribution < 1.29 is 35.4 Å². The van der Waals surface area contributed by atoms with Crippen LogP contribution >= 0.6 is 23.5 Å². The molecule has 12 heteroatoms. The number of carbonyl (C=O) groups excluding carboxylic acids is 1. The molecule has 0 fully saturated rings. The number of carbonyl (C=O) groups is 1. The van der Waals surface area contributed by atoms with Crippen LogP contribution in [0.5, 0.6) is 0 Å². The molecule has 31 heavy (non-hydrogen) atoms. The minimum Gasteiger partial charge on any atom is -0.418 e. The van der Waals surface area contributed by atoms with Crippen LogP contribution in [0.3, 0.4) is 0 Å². The summed E-state index contributed by atoms with van der Waals surface area (Å²) >= 11 is 2.99. The second-order valence-corrected chi connectivity index (χ2v) is 8.85. The Bertz CT molecular complexity index is 807. The van der Waals surface area contributed by atoms with Gasteiger partial charge < -0.3 is 22.2 Å². The van der Waals surface area contributed by atoms with Gasteiger partial charge in [-0.1, -0.05) is 20.8 Å². The lowest BCUT2D eigenvalue weighted by Crippen LogP contribution is -2.28. The Hall–Kier alpha value is -1.40. The third-order valence-electron chi connectivity index (χ3n) is 4.14. The van der Waals surface area contributed by atoms with E-state index in [2.05, 4.69) is 18.7 Å². The van der Waals surface area contributed by atoms with Gasteiger partial charge in [-0.15, -0.1) is 4.58 Å². The lowest BCUT2D eigenvalue weighted by Gasteiger charge is -2.16. The summed E-state index contributed by atoms with van der Waals surface area (Å²) in [6.45, 7) is 9.87. The Morgan fingerprint density at radius 1 is 1.13 bits per heavy atom. The minimum absolute atomic E-state index is 0.103. The van der Waals surface area contributed by atoms with E-state index in [0.717, 1.165) is 42.3 Å². The molecule has 0 radical (unpaired) electrons. The van der Waals surface area contributed by atoms with Crippen LogP contribution in [-0.4, -0.2) is 58.9 Å². The summed E-state index contributed by atoms with van der Waals surface area (Å²) in [5, 5.41) is 0. The molecule has 1 aromatic rings. The molecule has 1 aliphatic rings. The van der Waals surface area contributed by atoms with Crippen molar-refractivity contribution in [2.45, 2.75) is 27.2 Å². The number of halogens is 6. The Kier molecular flexibility index (Phi) is 11.8. The van der Waals surface area contributed by atoms with Crippen molar-refractivity contribution in [3.05, 3.63) is 40.3 Å². The number of amides is 1. The summed E-state index contributed by atoms with van der Waals surface area (Å²) in [5.74, 6) is -0.521. The molecule has 0 saturated heterocycles. The molecule has 1 heterocycles. The molecule has 0 N–H and O–H groups in total. The molecule has 1 aliphatic heterocycles. The van der Waals surface area contributed by atoms with Crippen molar-refractivity contribution in [2.75, 3.05) is 31.9 Å². The van der Waals surface area contributed by atoms with Crippen LogP contribution in [0.15, 0.2) is 23.1 Å². The summed E-state index contributed by atoms with van der Waals surface area (Å²) in [5.41, 5.74) is 0.230. The van der Waals surface area contributed by atoms with Crippen LogP contribution in [0, 0.1) is 11.6 Å². The lowest BCUT2D eigenvalue weighted by atomic mass is 10.2. The lowest BCUT2D eigenvalue weighted by molar-refractivity contribution is -0.438. The van der Waals surface area contributed by atoms with Crippen molar-refractivity contribution in [3.8, 4) is 0 Å². The highest BCUT2D eigenvalue weighted by Gasteiger charge is 2.37.